The van der Waals surface area contributed by atoms with Crippen molar-refractivity contribution in [1.29, 1.82) is 0 Å². The third kappa shape index (κ3) is 1.53. The molecule has 0 bridgehead atoms. The van der Waals surface area contributed by atoms with Crippen molar-refractivity contribution < 1.29 is 0 Å². The number of benzene rings is 1. The van der Waals surface area contributed by atoms with Crippen molar-refractivity contribution >= 4 is 11.5 Å². The number of para-hydroxylation sites is 1. The Hall–Kier alpha value is -2.10. The zero-order valence-electron chi connectivity index (χ0n) is 10.5. The van der Waals surface area contributed by atoms with Gasteiger partial charge in [-0.2, -0.15) is 0 Å². The van der Waals surface area contributed by atoms with Gasteiger partial charge in [0.1, 0.15) is 5.82 Å². The summed E-state index contributed by atoms with van der Waals surface area (Å²) >= 11 is 0. The largest absolute Gasteiger partial charge is 0.329 e. The maximum Gasteiger partial charge on any atom is 0.256 e. The number of nitrogens with one attached hydrogen (secondary N) is 1. The van der Waals surface area contributed by atoms with E-state index in [-0.39, 0.29) is 5.56 Å². The second-order valence-corrected chi connectivity index (χ2v) is 4.76. The van der Waals surface area contributed by atoms with Crippen LogP contribution in [0.25, 0.3) is 0 Å². The average Bonchev–Trinajstić information content (AvgIpc) is 2.49. The Morgan fingerprint density at radius 1 is 1.39 bits per heavy atom. The van der Waals surface area contributed by atoms with E-state index in [4.69, 9.17) is 0 Å². The number of aromatic nitrogens is 2. The summed E-state index contributed by atoms with van der Waals surface area (Å²) in [6.45, 7) is 2.15. The van der Waals surface area contributed by atoms with Crippen LogP contribution in [0.1, 0.15) is 24.0 Å². The minimum absolute atomic E-state index is 0.0356. The molecule has 92 valence electrons. The van der Waals surface area contributed by atoms with Crippen LogP contribution in [0.3, 0.4) is 0 Å². The van der Waals surface area contributed by atoms with E-state index in [9.17, 15) is 4.79 Å². The molecule has 1 aromatic heterocycles. The number of rotatable bonds is 0. The summed E-state index contributed by atoms with van der Waals surface area (Å²) in [5.41, 5.74) is 3.12. The zero-order valence-corrected chi connectivity index (χ0v) is 10.5. The molecule has 0 aliphatic carbocycles. The molecule has 4 heteroatoms. The Labute approximate surface area is 105 Å². The molecule has 1 N–H and O–H groups in total. The van der Waals surface area contributed by atoms with Crippen molar-refractivity contribution in [2.75, 3.05) is 11.9 Å². The van der Waals surface area contributed by atoms with Crippen LogP contribution < -0.4 is 10.5 Å². The lowest BCUT2D eigenvalue weighted by Gasteiger charge is -2.20. The highest BCUT2D eigenvalue weighted by atomic mass is 16.1. The van der Waals surface area contributed by atoms with Gasteiger partial charge in [-0.3, -0.25) is 4.79 Å². The molecule has 0 saturated heterocycles. The van der Waals surface area contributed by atoms with Crippen molar-refractivity contribution in [3.05, 3.63) is 52.1 Å². The van der Waals surface area contributed by atoms with Crippen LogP contribution in [0.2, 0.25) is 0 Å². The zero-order chi connectivity index (χ0) is 12.7. The molecule has 0 spiro atoms. The third-order valence-electron chi connectivity index (χ3n) is 3.58. The molecule has 0 amide bonds. The molecule has 0 radical (unpaired) electrons. The van der Waals surface area contributed by atoms with Gasteiger partial charge in [-0.15, -0.1) is 0 Å². The summed E-state index contributed by atoms with van der Waals surface area (Å²) in [5.74, 6) is 1.07. The van der Waals surface area contributed by atoms with Gasteiger partial charge in [0.15, 0.2) is 0 Å². The van der Waals surface area contributed by atoms with Gasteiger partial charge in [-0.1, -0.05) is 25.1 Å². The molecule has 4 nitrogen and oxygen atoms in total. The van der Waals surface area contributed by atoms with Crippen LogP contribution in [0.4, 0.5) is 11.5 Å². The Balaban J connectivity index is 2.28. The van der Waals surface area contributed by atoms with E-state index in [1.807, 2.05) is 24.1 Å². The first-order valence-electron chi connectivity index (χ1n) is 6.07. The van der Waals surface area contributed by atoms with Gasteiger partial charge in [-0.25, -0.2) is 4.98 Å². The number of hydrogen-bond donors (Lipinski definition) is 1. The van der Waals surface area contributed by atoms with Gasteiger partial charge < -0.3 is 9.88 Å². The summed E-state index contributed by atoms with van der Waals surface area (Å²) in [5, 5.41) is 0. The highest BCUT2D eigenvalue weighted by molar-refractivity contribution is 5.68. The Kier molecular flexibility index (Phi) is 2.44. The maximum absolute atomic E-state index is 11.9. The molecule has 2 heterocycles. The standard InChI is InChI=1S/C14H15N3O/c1-9-7-11-13(15-8-16-14(11)18)17(2)12-6-4-3-5-10(9)12/h3-6,8-9H,7H2,1-2H3,(H,15,16,18)/t9-/m1/s1. The quantitative estimate of drug-likeness (QED) is 0.769. The van der Waals surface area contributed by atoms with Crippen molar-refractivity contribution in [2.45, 2.75) is 19.3 Å². The number of H-pyrrole nitrogens is 1. The lowest BCUT2D eigenvalue weighted by Crippen LogP contribution is -2.20. The van der Waals surface area contributed by atoms with Gasteiger partial charge in [0.25, 0.3) is 5.56 Å². The lowest BCUT2D eigenvalue weighted by atomic mass is 9.95. The highest BCUT2D eigenvalue weighted by Crippen LogP contribution is 2.37. The second-order valence-electron chi connectivity index (χ2n) is 4.76. The third-order valence-corrected chi connectivity index (χ3v) is 3.58. The first-order valence-corrected chi connectivity index (χ1v) is 6.07. The molecule has 0 fully saturated rings. The van der Waals surface area contributed by atoms with Crippen LogP contribution in [0.15, 0.2) is 35.4 Å². The van der Waals surface area contributed by atoms with Gasteiger partial charge in [0, 0.05) is 12.7 Å². The maximum atomic E-state index is 11.9. The van der Waals surface area contributed by atoms with Crippen molar-refractivity contribution in [3.63, 3.8) is 0 Å². The summed E-state index contributed by atoms with van der Waals surface area (Å²) in [7, 11) is 1.96. The summed E-state index contributed by atoms with van der Waals surface area (Å²) in [4.78, 5) is 20.9. The first kappa shape index (κ1) is 11.0. The number of aromatic amines is 1. The summed E-state index contributed by atoms with van der Waals surface area (Å²) in [6.07, 6.45) is 2.19. The first-order chi connectivity index (χ1) is 8.68. The molecule has 1 aliphatic rings. The number of hydrogen-bond acceptors (Lipinski definition) is 3. The van der Waals surface area contributed by atoms with Gasteiger partial charge in [0.2, 0.25) is 0 Å². The predicted molar refractivity (Wildman–Crippen MR) is 71.5 cm³/mol. The van der Waals surface area contributed by atoms with Gasteiger partial charge in [-0.05, 0) is 24.0 Å². The van der Waals surface area contributed by atoms with Crippen molar-refractivity contribution in [2.24, 2.45) is 0 Å². The fraction of sp³-hybridized carbons (Fsp3) is 0.286. The molecule has 0 saturated carbocycles. The highest BCUT2D eigenvalue weighted by Gasteiger charge is 2.24. The molecule has 3 rings (SSSR count). The molecular formula is C14H15N3O. The molecule has 1 aromatic carbocycles. The molecule has 0 unspecified atom stereocenters. The molecular weight excluding hydrogens is 226 g/mol. The Morgan fingerprint density at radius 3 is 3.00 bits per heavy atom. The van der Waals surface area contributed by atoms with E-state index >= 15 is 0 Å². The van der Waals surface area contributed by atoms with E-state index in [0.29, 0.717) is 5.92 Å². The monoisotopic (exact) mass is 241 g/mol. The van der Waals surface area contributed by atoms with Crippen LogP contribution in [0, 0.1) is 0 Å². The van der Waals surface area contributed by atoms with E-state index in [2.05, 4.69) is 29.0 Å². The van der Waals surface area contributed by atoms with E-state index in [0.717, 1.165) is 23.5 Å². The number of anilines is 2. The lowest BCUT2D eigenvalue weighted by molar-refractivity contribution is 0.758. The van der Waals surface area contributed by atoms with Crippen molar-refractivity contribution in [1.82, 2.24) is 9.97 Å². The fourth-order valence-electron chi connectivity index (χ4n) is 2.63. The van der Waals surface area contributed by atoms with E-state index in [1.54, 1.807) is 0 Å². The normalized spacial score (nSPS) is 17.9. The number of nitrogens with zero attached hydrogens (tertiary/aromatic N) is 2. The molecule has 1 atom stereocenters. The van der Waals surface area contributed by atoms with E-state index < -0.39 is 0 Å². The molecule has 2 aromatic rings. The SMILES string of the molecule is C[C@@H]1Cc2c(nc[nH]c2=O)N(C)c2ccccc21. The van der Waals surface area contributed by atoms with Crippen LogP contribution >= 0.6 is 0 Å². The predicted octanol–water partition coefficient (Wildman–Crippen LogP) is 2.20. The van der Waals surface area contributed by atoms with Gasteiger partial charge in [0.05, 0.1) is 11.9 Å². The van der Waals surface area contributed by atoms with Crippen LogP contribution in [-0.2, 0) is 6.42 Å². The fourth-order valence-corrected chi connectivity index (χ4v) is 2.63. The van der Waals surface area contributed by atoms with Crippen LogP contribution in [0.5, 0.6) is 0 Å². The van der Waals surface area contributed by atoms with Crippen LogP contribution in [-0.4, -0.2) is 17.0 Å². The van der Waals surface area contributed by atoms with Crippen molar-refractivity contribution in [3.8, 4) is 0 Å². The smallest absolute Gasteiger partial charge is 0.256 e. The Morgan fingerprint density at radius 2 is 2.17 bits per heavy atom. The average molecular weight is 241 g/mol. The van der Waals surface area contributed by atoms with E-state index in [1.165, 1.54) is 11.9 Å². The minimum Gasteiger partial charge on any atom is -0.329 e. The summed E-state index contributed by atoms with van der Waals surface area (Å²) < 4.78 is 0. The number of fused-ring (bicyclic) bond motifs is 2. The minimum atomic E-state index is -0.0356. The summed E-state index contributed by atoms with van der Waals surface area (Å²) in [6, 6.07) is 8.25. The second kappa shape index (κ2) is 3.98. The molecule has 1 aliphatic heterocycles. The van der Waals surface area contributed by atoms with Gasteiger partial charge >= 0.3 is 0 Å². The Bertz CT molecular complexity index is 647. The topological polar surface area (TPSA) is 49.0 Å². The molecule has 18 heavy (non-hydrogen) atoms.